The van der Waals surface area contributed by atoms with Gasteiger partial charge in [-0.25, -0.2) is 4.98 Å². The van der Waals surface area contributed by atoms with E-state index < -0.39 is 0 Å². The van der Waals surface area contributed by atoms with E-state index in [1.807, 2.05) is 25.1 Å². The molecule has 0 unspecified atom stereocenters. The Bertz CT molecular complexity index is 825. The molecule has 0 aliphatic carbocycles. The molecule has 3 rings (SSSR count). The molecule has 0 spiro atoms. The van der Waals surface area contributed by atoms with Crippen molar-refractivity contribution in [3.63, 3.8) is 0 Å². The third-order valence-corrected chi connectivity index (χ3v) is 4.70. The molecule has 5 nitrogen and oxygen atoms in total. The zero-order valence-corrected chi connectivity index (χ0v) is 12.4. The van der Waals surface area contributed by atoms with Gasteiger partial charge in [-0.2, -0.15) is 9.61 Å². The van der Waals surface area contributed by atoms with Crippen molar-refractivity contribution in [2.45, 2.75) is 17.6 Å². The van der Waals surface area contributed by atoms with Crippen molar-refractivity contribution in [2.24, 2.45) is 0 Å². The minimum absolute atomic E-state index is 0.138. The average molecular weight is 304 g/mol. The van der Waals surface area contributed by atoms with Crippen LogP contribution in [0, 0.1) is 6.92 Å². The average Bonchev–Trinajstić information content (AvgIpc) is 2.86. The number of fused-ring (bicyclic) bond motifs is 1. The number of thioether (sulfide) groups is 1. The lowest BCUT2D eigenvalue weighted by Crippen LogP contribution is -2.14. The van der Waals surface area contributed by atoms with E-state index in [2.05, 4.69) is 10.1 Å². The molecule has 0 saturated carbocycles. The first-order valence-electron chi connectivity index (χ1n) is 5.95. The van der Waals surface area contributed by atoms with Crippen molar-refractivity contribution < 1.29 is 0 Å². The molecule has 3 aromatic rings. The first-order valence-corrected chi connectivity index (χ1v) is 7.81. The first kappa shape index (κ1) is 13.1. The van der Waals surface area contributed by atoms with Crippen LogP contribution in [0.2, 0.25) is 0 Å². The lowest BCUT2D eigenvalue weighted by atomic mass is 10.2. The Hall–Kier alpha value is -1.86. The van der Waals surface area contributed by atoms with Crippen LogP contribution >= 0.6 is 23.1 Å². The summed E-state index contributed by atoms with van der Waals surface area (Å²) in [5, 5.41) is 3.94. The maximum absolute atomic E-state index is 11.8. The largest absolute Gasteiger partial charge is 0.399 e. The van der Waals surface area contributed by atoms with Crippen LogP contribution in [0.4, 0.5) is 5.69 Å². The Morgan fingerprint density at radius 2 is 2.25 bits per heavy atom. The fourth-order valence-corrected chi connectivity index (χ4v) is 3.41. The van der Waals surface area contributed by atoms with Gasteiger partial charge in [0.05, 0.1) is 5.69 Å². The van der Waals surface area contributed by atoms with E-state index >= 15 is 0 Å². The minimum atomic E-state index is -0.138. The first-order chi connectivity index (χ1) is 9.63. The molecule has 0 aliphatic rings. The molecule has 0 bridgehead atoms. The summed E-state index contributed by atoms with van der Waals surface area (Å²) in [6.07, 6.45) is 0. The molecular weight excluding hydrogens is 292 g/mol. The highest BCUT2D eigenvalue weighted by Gasteiger charge is 2.06. The summed E-state index contributed by atoms with van der Waals surface area (Å²) in [4.78, 5) is 18.0. The predicted octanol–water partition coefficient (Wildman–Crippen LogP) is 2.33. The van der Waals surface area contributed by atoms with Crippen molar-refractivity contribution in [3.05, 3.63) is 51.4 Å². The van der Waals surface area contributed by atoms with Gasteiger partial charge in [0.2, 0.25) is 4.96 Å². The number of aryl methyl sites for hydroxylation is 1. The number of hydrogen-bond acceptors (Lipinski definition) is 6. The van der Waals surface area contributed by atoms with Gasteiger partial charge in [0.1, 0.15) is 5.51 Å². The van der Waals surface area contributed by atoms with Gasteiger partial charge in [0, 0.05) is 22.4 Å². The van der Waals surface area contributed by atoms with Crippen molar-refractivity contribution in [2.75, 3.05) is 5.73 Å². The lowest BCUT2D eigenvalue weighted by Gasteiger charge is -2.06. The highest BCUT2D eigenvalue weighted by molar-refractivity contribution is 7.98. The highest BCUT2D eigenvalue weighted by atomic mass is 32.2. The van der Waals surface area contributed by atoms with Crippen molar-refractivity contribution in [3.8, 4) is 0 Å². The monoisotopic (exact) mass is 304 g/mol. The van der Waals surface area contributed by atoms with E-state index in [4.69, 9.17) is 5.73 Å². The van der Waals surface area contributed by atoms with E-state index in [9.17, 15) is 4.79 Å². The second-order valence-corrected chi connectivity index (χ2v) is 6.16. The van der Waals surface area contributed by atoms with Crippen LogP contribution < -0.4 is 11.3 Å². The summed E-state index contributed by atoms with van der Waals surface area (Å²) in [5.74, 6) is 0.647. The van der Waals surface area contributed by atoms with Crippen LogP contribution in [0.5, 0.6) is 0 Å². The van der Waals surface area contributed by atoms with Crippen LogP contribution in [-0.2, 0) is 5.75 Å². The van der Waals surface area contributed by atoms with E-state index in [0.717, 1.165) is 21.8 Å². The molecule has 1 aromatic carbocycles. The number of hydrogen-bond donors (Lipinski definition) is 1. The number of benzene rings is 1. The topological polar surface area (TPSA) is 73.3 Å². The molecule has 0 radical (unpaired) electrons. The maximum Gasteiger partial charge on any atom is 0.275 e. The Labute approximate surface area is 123 Å². The van der Waals surface area contributed by atoms with Gasteiger partial charge < -0.3 is 5.73 Å². The Kier molecular flexibility index (Phi) is 3.45. The van der Waals surface area contributed by atoms with Gasteiger partial charge in [-0.05, 0) is 30.7 Å². The van der Waals surface area contributed by atoms with Gasteiger partial charge >= 0.3 is 0 Å². The van der Waals surface area contributed by atoms with Crippen molar-refractivity contribution in [1.82, 2.24) is 14.6 Å². The minimum Gasteiger partial charge on any atom is -0.399 e. The summed E-state index contributed by atoms with van der Waals surface area (Å²) in [5.41, 5.74) is 9.86. The zero-order valence-electron chi connectivity index (χ0n) is 10.7. The van der Waals surface area contributed by atoms with Crippen LogP contribution in [-0.4, -0.2) is 14.6 Å². The quantitative estimate of drug-likeness (QED) is 0.594. The fraction of sp³-hybridized carbons (Fsp3) is 0.154. The molecule has 0 saturated heterocycles. The molecule has 7 heteroatoms. The van der Waals surface area contributed by atoms with Crippen molar-refractivity contribution >= 4 is 33.7 Å². The zero-order chi connectivity index (χ0) is 14.1. The van der Waals surface area contributed by atoms with Crippen LogP contribution in [0.3, 0.4) is 0 Å². The van der Waals surface area contributed by atoms with Gasteiger partial charge in [0.25, 0.3) is 5.56 Å². The van der Waals surface area contributed by atoms with Gasteiger partial charge in [-0.3, -0.25) is 4.79 Å². The predicted molar refractivity (Wildman–Crippen MR) is 82.3 cm³/mol. The molecule has 102 valence electrons. The number of nitrogens with two attached hydrogens (primary N) is 1. The summed E-state index contributed by atoms with van der Waals surface area (Å²) < 4.78 is 1.31. The molecule has 2 heterocycles. The van der Waals surface area contributed by atoms with Crippen LogP contribution in [0.1, 0.15) is 11.3 Å². The molecule has 20 heavy (non-hydrogen) atoms. The Morgan fingerprint density at radius 1 is 1.40 bits per heavy atom. The summed E-state index contributed by atoms with van der Waals surface area (Å²) in [6, 6.07) is 7.35. The van der Waals surface area contributed by atoms with Gasteiger partial charge in [-0.15, -0.1) is 11.8 Å². The molecule has 2 N–H and O–H groups in total. The third-order valence-electron chi connectivity index (χ3n) is 2.81. The van der Waals surface area contributed by atoms with Gasteiger partial charge in [-0.1, -0.05) is 11.3 Å². The number of aromatic nitrogens is 3. The van der Waals surface area contributed by atoms with Crippen LogP contribution in [0.15, 0.2) is 39.5 Å². The normalized spacial score (nSPS) is 11.1. The molecule has 0 aliphatic heterocycles. The number of nitrogens with zero attached hydrogens (tertiary/aromatic N) is 3. The van der Waals surface area contributed by atoms with E-state index in [0.29, 0.717) is 10.7 Å². The maximum atomic E-state index is 11.8. The molecule has 0 amide bonds. The van der Waals surface area contributed by atoms with E-state index in [1.165, 1.54) is 21.9 Å². The fourth-order valence-electron chi connectivity index (χ4n) is 1.86. The molecule has 0 atom stereocenters. The number of anilines is 1. The third kappa shape index (κ3) is 2.54. The second kappa shape index (κ2) is 5.26. The molecule has 2 aromatic heterocycles. The number of rotatable bonds is 3. The van der Waals surface area contributed by atoms with E-state index in [1.54, 1.807) is 17.3 Å². The SMILES string of the molecule is Cc1cc(N)ccc1SCc1cc(=O)n2ncsc2n1. The Morgan fingerprint density at radius 3 is 3.05 bits per heavy atom. The second-order valence-electron chi connectivity index (χ2n) is 4.33. The summed E-state index contributed by atoms with van der Waals surface area (Å²) in [7, 11) is 0. The lowest BCUT2D eigenvalue weighted by molar-refractivity contribution is 0.888. The smallest absolute Gasteiger partial charge is 0.275 e. The van der Waals surface area contributed by atoms with E-state index in [-0.39, 0.29) is 5.56 Å². The van der Waals surface area contributed by atoms with Gasteiger partial charge in [0.15, 0.2) is 0 Å². The number of nitrogen functional groups attached to an aromatic ring is 1. The summed E-state index contributed by atoms with van der Waals surface area (Å²) in [6.45, 7) is 2.02. The van der Waals surface area contributed by atoms with Crippen molar-refractivity contribution in [1.29, 1.82) is 0 Å². The van der Waals surface area contributed by atoms with Crippen LogP contribution in [0.25, 0.3) is 4.96 Å². The highest BCUT2D eigenvalue weighted by Crippen LogP contribution is 2.26. The summed E-state index contributed by atoms with van der Waals surface area (Å²) >= 11 is 3.00. The standard InChI is InChI=1S/C13H12N4OS2/c1-8-4-9(14)2-3-11(8)19-6-10-5-12(18)17-13(16-10)20-7-15-17/h2-5,7H,6,14H2,1H3. The molecular formula is C13H12N4OS2. The molecule has 0 fully saturated rings. The Balaban J connectivity index is 1.84.